The molecule has 0 fully saturated rings. The molecular weight excluding hydrogens is 607 g/mol. The molecule has 0 radical (unpaired) electrons. The molecule has 2 N–H and O–H groups in total. The van der Waals surface area contributed by atoms with E-state index in [-0.39, 0.29) is 16.0 Å². The molecule has 0 saturated heterocycles. The molecule has 0 aliphatic rings. The molecule has 0 aliphatic heterocycles. The molecule has 262 valence electrons. The number of carboxylic acid groups (broad SMARTS) is 2. The van der Waals surface area contributed by atoms with Crippen molar-refractivity contribution < 1.29 is 32.2 Å². The van der Waals surface area contributed by atoms with Crippen LogP contribution in [0.4, 0.5) is 0 Å². The number of hydrogen-bond acceptors (Lipinski definition) is 5. The van der Waals surface area contributed by atoms with Gasteiger partial charge in [-0.15, -0.1) is 0 Å². The molecule has 1 rings (SSSR count). The Labute approximate surface area is 275 Å². The molecule has 0 heterocycles. The Morgan fingerprint density at radius 3 is 1.18 bits per heavy atom. The number of hydrogen-bond donors (Lipinski definition) is 2. The monoisotopic (exact) mass is 672 g/mol. The van der Waals surface area contributed by atoms with Crippen LogP contribution in [-0.4, -0.2) is 55.2 Å². The molecule has 7 nitrogen and oxygen atoms in total. The molecular formula is C36H65O7PS. The van der Waals surface area contributed by atoms with Crippen LogP contribution >= 0.6 is 6.83 Å². The summed E-state index contributed by atoms with van der Waals surface area (Å²) in [6.45, 7) is 5.28. The van der Waals surface area contributed by atoms with E-state index in [9.17, 15) is 28.2 Å². The summed E-state index contributed by atoms with van der Waals surface area (Å²) in [6.07, 6.45) is 25.9. The minimum absolute atomic E-state index is 0.375. The fraction of sp³-hybridized carbons (Fsp3) is 0.778. The predicted molar refractivity (Wildman–Crippen MR) is 190 cm³/mol. The first-order valence-corrected chi connectivity index (χ1v) is 22.4. The predicted octanol–water partition coefficient (Wildman–Crippen LogP) is 11.1. The summed E-state index contributed by atoms with van der Waals surface area (Å²) >= 11 is 0. The summed E-state index contributed by atoms with van der Waals surface area (Å²) in [4.78, 5) is 23.2. The minimum atomic E-state index is -4.42. The quantitative estimate of drug-likeness (QED) is 0.0642. The first-order chi connectivity index (χ1) is 21.5. The molecule has 1 aromatic carbocycles. The topological polar surface area (TPSA) is 118 Å². The number of aromatic carboxylic acids is 2. The first-order valence-electron chi connectivity index (χ1n) is 18.1. The first kappa shape index (κ1) is 41.5. The van der Waals surface area contributed by atoms with Crippen LogP contribution in [-0.2, 0) is 14.1 Å². The van der Waals surface area contributed by atoms with Crippen molar-refractivity contribution in [1.82, 2.24) is 0 Å². The van der Waals surface area contributed by atoms with E-state index in [0.29, 0.717) is 0 Å². The van der Waals surface area contributed by atoms with Gasteiger partial charge < -0.3 is 0 Å². The van der Waals surface area contributed by atoms with Crippen LogP contribution in [0.2, 0.25) is 0 Å². The van der Waals surface area contributed by atoms with Crippen LogP contribution in [0.3, 0.4) is 0 Å². The van der Waals surface area contributed by atoms with Crippen LogP contribution in [0, 0.1) is 0 Å². The molecule has 0 amide bonds. The Morgan fingerprint density at radius 2 is 0.844 bits per heavy atom. The van der Waals surface area contributed by atoms with Crippen molar-refractivity contribution in [2.45, 2.75) is 161 Å². The van der Waals surface area contributed by atoms with Gasteiger partial charge in [-0.2, -0.15) is 0 Å². The van der Waals surface area contributed by atoms with E-state index >= 15 is 0 Å². The van der Waals surface area contributed by atoms with Crippen molar-refractivity contribution in [3.8, 4) is 0 Å². The second-order valence-corrected chi connectivity index (χ2v) is 20.8. The van der Waals surface area contributed by atoms with Gasteiger partial charge in [-0.1, -0.05) is 26.2 Å². The summed E-state index contributed by atoms with van der Waals surface area (Å²) in [5.41, 5.74) is -0.750. The zero-order valence-corrected chi connectivity index (χ0v) is 30.7. The average Bonchev–Trinajstić information content (AvgIpc) is 3.02. The van der Waals surface area contributed by atoms with Crippen LogP contribution in [0.15, 0.2) is 23.1 Å². The zero-order valence-electron chi connectivity index (χ0n) is 29.0. The van der Waals surface area contributed by atoms with Gasteiger partial charge in [-0.25, -0.2) is 0 Å². The van der Waals surface area contributed by atoms with E-state index in [4.69, 9.17) is 3.97 Å². The third kappa shape index (κ3) is 15.3. The summed E-state index contributed by atoms with van der Waals surface area (Å²) in [7, 11) is -4.42. The number of carboxylic acids is 2. The van der Waals surface area contributed by atoms with Crippen LogP contribution in [0.5, 0.6) is 0 Å². The molecule has 0 aromatic heterocycles. The summed E-state index contributed by atoms with van der Waals surface area (Å²) in [5, 5.41) is 19.2. The molecule has 0 aliphatic carbocycles. The third-order valence-corrected chi connectivity index (χ3v) is 18.4. The van der Waals surface area contributed by atoms with Gasteiger partial charge in [-0.3, -0.25) is 0 Å². The van der Waals surface area contributed by atoms with Crippen LogP contribution in [0.25, 0.3) is 0 Å². The second kappa shape index (κ2) is 22.1. The van der Waals surface area contributed by atoms with Crippen molar-refractivity contribution in [3.63, 3.8) is 0 Å². The number of rotatable bonds is 29. The van der Waals surface area contributed by atoms with Gasteiger partial charge in [0.1, 0.15) is 0 Å². The van der Waals surface area contributed by atoms with Gasteiger partial charge in [0.05, 0.1) is 0 Å². The zero-order chi connectivity index (χ0) is 33.6. The van der Waals surface area contributed by atoms with E-state index < -0.39 is 28.9 Å². The fourth-order valence-corrected chi connectivity index (χ4v) is 16.5. The molecule has 0 saturated carbocycles. The van der Waals surface area contributed by atoms with Gasteiger partial charge in [-0.05, 0) is 0 Å². The van der Waals surface area contributed by atoms with E-state index in [2.05, 4.69) is 27.7 Å². The summed E-state index contributed by atoms with van der Waals surface area (Å²) in [5.74, 6) is -2.75. The molecule has 0 unspecified atom stereocenters. The van der Waals surface area contributed by atoms with E-state index in [1.54, 1.807) is 0 Å². The number of carbonyl (C=O) groups is 2. The Kier molecular flexibility index (Phi) is 20.4. The van der Waals surface area contributed by atoms with Gasteiger partial charge in [0.25, 0.3) is 0 Å². The molecule has 0 atom stereocenters. The Morgan fingerprint density at radius 1 is 0.533 bits per heavy atom. The average molecular weight is 673 g/mol. The standard InChI is InChI=1S/C36H65O7PS/c1-5-9-13-14-15-16-17-18-19-20-21-22-23-24-28-44(25-10-6-2,26-11-7-3,27-12-8-4)43-45(41,42)34-30-32(35(37)38)29-33(31-34)36(39)40/h29-31H,5-28H2,1-4H3,(H,37,38)(H,39,40). The van der Waals surface area contributed by atoms with E-state index in [1.807, 2.05) is 0 Å². The Hall–Kier alpha value is -1.50. The van der Waals surface area contributed by atoms with E-state index in [0.717, 1.165) is 101 Å². The number of benzene rings is 1. The fourth-order valence-electron chi connectivity index (χ4n) is 6.51. The van der Waals surface area contributed by atoms with Crippen molar-refractivity contribution in [2.75, 3.05) is 24.6 Å². The van der Waals surface area contributed by atoms with Crippen molar-refractivity contribution in [3.05, 3.63) is 29.3 Å². The van der Waals surface area contributed by atoms with Crippen LogP contribution < -0.4 is 0 Å². The molecule has 0 bridgehead atoms. The summed E-state index contributed by atoms with van der Waals surface area (Å²) in [6, 6.07) is 3.08. The third-order valence-electron chi connectivity index (χ3n) is 9.31. The normalized spacial score (nSPS) is 13.0. The molecule has 1 aromatic rings. The van der Waals surface area contributed by atoms with Crippen LogP contribution in [0.1, 0.15) is 177 Å². The number of unbranched alkanes of at least 4 members (excludes halogenated alkanes) is 16. The van der Waals surface area contributed by atoms with Crippen molar-refractivity contribution in [2.24, 2.45) is 0 Å². The molecule has 9 heteroatoms. The van der Waals surface area contributed by atoms with Crippen molar-refractivity contribution >= 4 is 28.9 Å². The second-order valence-electron chi connectivity index (χ2n) is 13.3. The SMILES string of the molecule is CCCCCCCCCCCCCCCCP(CCCC)(CCCC)(CCCC)OS(=O)(=O)c1cc(C(=O)O)cc(C(=O)O)c1. The Balaban J connectivity index is 3.08. The maximum absolute atomic E-state index is 14.1. The van der Waals surface area contributed by atoms with Gasteiger partial charge in [0.15, 0.2) is 0 Å². The molecule has 45 heavy (non-hydrogen) atoms. The van der Waals surface area contributed by atoms with E-state index in [1.165, 1.54) is 70.6 Å². The van der Waals surface area contributed by atoms with Crippen molar-refractivity contribution in [1.29, 1.82) is 0 Å². The Bertz CT molecular complexity index is 1050. The van der Waals surface area contributed by atoms with Gasteiger partial charge in [0, 0.05) is 0 Å². The van der Waals surface area contributed by atoms with Gasteiger partial charge in [0.2, 0.25) is 0 Å². The maximum atomic E-state index is 14.1. The van der Waals surface area contributed by atoms with Gasteiger partial charge >= 0.3 is 250 Å². The molecule has 0 spiro atoms. The summed E-state index contributed by atoms with van der Waals surface area (Å²) < 4.78 is 34.7.